The first-order chi connectivity index (χ1) is 8.15. The van der Waals surface area contributed by atoms with E-state index in [1.165, 1.54) is 12.1 Å². The number of aryl methyl sites for hydroxylation is 1. The number of hydrogen-bond acceptors (Lipinski definition) is 3. The highest BCUT2D eigenvalue weighted by Gasteiger charge is 2.06. The van der Waals surface area contributed by atoms with Crippen molar-refractivity contribution in [1.29, 1.82) is 0 Å². The molecular weight excluding hydrogens is 210 g/mol. The van der Waals surface area contributed by atoms with E-state index in [2.05, 4.69) is 41.2 Å². The normalized spacial score (nSPS) is 13.0. The van der Waals surface area contributed by atoms with Crippen molar-refractivity contribution < 1.29 is 0 Å². The van der Waals surface area contributed by atoms with Crippen LogP contribution >= 0.6 is 0 Å². The molecule has 1 unspecified atom stereocenters. The zero-order chi connectivity index (χ0) is 12.7. The zero-order valence-electron chi connectivity index (χ0n) is 11.5. The van der Waals surface area contributed by atoms with Crippen LogP contribution in [-0.2, 0) is 6.54 Å². The van der Waals surface area contributed by atoms with Crippen molar-refractivity contribution in [3.05, 3.63) is 29.6 Å². The van der Waals surface area contributed by atoms with Gasteiger partial charge in [-0.05, 0) is 46.0 Å². The van der Waals surface area contributed by atoms with E-state index in [1.807, 2.05) is 20.0 Å². The van der Waals surface area contributed by atoms with Crippen molar-refractivity contribution in [3.63, 3.8) is 0 Å². The number of nitrogens with one attached hydrogen (secondary N) is 1. The third-order valence-corrected chi connectivity index (χ3v) is 3.15. The van der Waals surface area contributed by atoms with Gasteiger partial charge in [0.2, 0.25) is 0 Å². The van der Waals surface area contributed by atoms with Gasteiger partial charge in [0, 0.05) is 24.8 Å². The SMILES string of the molecule is CCN(CCC(C)NC)Cc1cccc(C)n1. The first kappa shape index (κ1) is 14.1. The Labute approximate surface area is 105 Å². The van der Waals surface area contributed by atoms with E-state index in [9.17, 15) is 0 Å². The molecule has 0 aliphatic heterocycles. The van der Waals surface area contributed by atoms with Crippen molar-refractivity contribution in [1.82, 2.24) is 15.2 Å². The third kappa shape index (κ3) is 5.29. The fourth-order valence-electron chi connectivity index (χ4n) is 1.79. The molecule has 0 aliphatic carbocycles. The van der Waals surface area contributed by atoms with Crippen LogP contribution in [0.4, 0.5) is 0 Å². The van der Waals surface area contributed by atoms with E-state index in [0.29, 0.717) is 6.04 Å². The van der Waals surface area contributed by atoms with Crippen molar-refractivity contribution in [2.24, 2.45) is 0 Å². The van der Waals surface area contributed by atoms with Gasteiger partial charge in [0.25, 0.3) is 0 Å². The summed E-state index contributed by atoms with van der Waals surface area (Å²) in [5.74, 6) is 0. The summed E-state index contributed by atoms with van der Waals surface area (Å²) >= 11 is 0. The Morgan fingerprint density at radius 2 is 2.18 bits per heavy atom. The molecule has 1 aromatic rings. The summed E-state index contributed by atoms with van der Waals surface area (Å²) in [4.78, 5) is 6.99. The van der Waals surface area contributed by atoms with Gasteiger partial charge in [0.15, 0.2) is 0 Å². The number of pyridine rings is 1. The highest BCUT2D eigenvalue weighted by Crippen LogP contribution is 2.04. The lowest BCUT2D eigenvalue weighted by Crippen LogP contribution is -2.30. The van der Waals surface area contributed by atoms with Crippen molar-refractivity contribution in [2.45, 2.75) is 39.8 Å². The minimum absolute atomic E-state index is 0.578. The molecule has 1 rings (SSSR count). The first-order valence-electron chi connectivity index (χ1n) is 6.47. The number of aromatic nitrogens is 1. The van der Waals surface area contributed by atoms with Crippen LogP contribution in [0, 0.1) is 6.92 Å². The number of rotatable bonds is 7. The molecule has 17 heavy (non-hydrogen) atoms. The molecule has 0 aliphatic rings. The second-order valence-corrected chi connectivity index (χ2v) is 4.62. The molecular formula is C14H25N3. The molecule has 1 N–H and O–H groups in total. The van der Waals surface area contributed by atoms with Crippen LogP contribution in [0.25, 0.3) is 0 Å². The first-order valence-corrected chi connectivity index (χ1v) is 6.47. The van der Waals surface area contributed by atoms with Gasteiger partial charge < -0.3 is 5.32 Å². The predicted molar refractivity (Wildman–Crippen MR) is 73.1 cm³/mol. The van der Waals surface area contributed by atoms with Gasteiger partial charge in [0.1, 0.15) is 0 Å². The molecule has 3 heteroatoms. The molecule has 1 aromatic heterocycles. The van der Waals surface area contributed by atoms with E-state index in [0.717, 1.165) is 25.3 Å². The molecule has 0 bridgehead atoms. The lowest BCUT2D eigenvalue weighted by molar-refractivity contribution is 0.262. The maximum atomic E-state index is 4.55. The summed E-state index contributed by atoms with van der Waals surface area (Å²) in [5.41, 5.74) is 2.27. The molecule has 0 saturated heterocycles. The van der Waals surface area contributed by atoms with Crippen LogP contribution in [0.5, 0.6) is 0 Å². The minimum atomic E-state index is 0.578. The molecule has 1 heterocycles. The van der Waals surface area contributed by atoms with Gasteiger partial charge in [0.05, 0.1) is 5.69 Å². The Balaban J connectivity index is 2.46. The van der Waals surface area contributed by atoms with E-state index in [1.54, 1.807) is 0 Å². The van der Waals surface area contributed by atoms with Crippen molar-refractivity contribution in [2.75, 3.05) is 20.1 Å². The molecule has 0 aromatic carbocycles. The average molecular weight is 235 g/mol. The molecule has 0 saturated carbocycles. The van der Waals surface area contributed by atoms with Gasteiger partial charge in [-0.3, -0.25) is 9.88 Å². The smallest absolute Gasteiger partial charge is 0.0547 e. The summed E-state index contributed by atoms with van der Waals surface area (Å²) in [6, 6.07) is 6.82. The van der Waals surface area contributed by atoms with E-state index in [4.69, 9.17) is 0 Å². The van der Waals surface area contributed by atoms with Crippen molar-refractivity contribution in [3.8, 4) is 0 Å². The molecule has 0 radical (unpaired) electrons. The Hall–Kier alpha value is -0.930. The monoisotopic (exact) mass is 235 g/mol. The topological polar surface area (TPSA) is 28.2 Å². The second kappa shape index (κ2) is 7.41. The van der Waals surface area contributed by atoms with Gasteiger partial charge >= 0.3 is 0 Å². The fourth-order valence-corrected chi connectivity index (χ4v) is 1.79. The Morgan fingerprint density at radius 3 is 2.76 bits per heavy atom. The lowest BCUT2D eigenvalue weighted by Gasteiger charge is -2.22. The number of hydrogen-bond donors (Lipinski definition) is 1. The summed E-state index contributed by atoms with van der Waals surface area (Å²) < 4.78 is 0. The maximum absolute atomic E-state index is 4.55. The van der Waals surface area contributed by atoms with Crippen LogP contribution in [0.15, 0.2) is 18.2 Å². The summed E-state index contributed by atoms with van der Waals surface area (Å²) in [6.45, 7) is 9.62. The fraction of sp³-hybridized carbons (Fsp3) is 0.643. The van der Waals surface area contributed by atoms with Crippen LogP contribution in [0.2, 0.25) is 0 Å². The lowest BCUT2D eigenvalue weighted by atomic mass is 10.2. The second-order valence-electron chi connectivity index (χ2n) is 4.62. The van der Waals surface area contributed by atoms with Crippen molar-refractivity contribution >= 4 is 0 Å². The third-order valence-electron chi connectivity index (χ3n) is 3.15. The van der Waals surface area contributed by atoms with Gasteiger partial charge in [-0.1, -0.05) is 13.0 Å². The Bertz CT molecular complexity index is 325. The summed E-state index contributed by atoms with van der Waals surface area (Å²) in [7, 11) is 2.02. The zero-order valence-corrected chi connectivity index (χ0v) is 11.5. The maximum Gasteiger partial charge on any atom is 0.0547 e. The van der Waals surface area contributed by atoms with E-state index < -0.39 is 0 Å². The number of nitrogens with zero attached hydrogens (tertiary/aromatic N) is 2. The predicted octanol–water partition coefficient (Wildman–Crippen LogP) is 2.21. The van der Waals surface area contributed by atoms with E-state index in [-0.39, 0.29) is 0 Å². The minimum Gasteiger partial charge on any atom is -0.317 e. The van der Waals surface area contributed by atoms with Gasteiger partial charge in [-0.2, -0.15) is 0 Å². The Morgan fingerprint density at radius 1 is 1.41 bits per heavy atom. The van der Waals surface area contributed by atoms with Gasteiger partial charge in [-0.15, -0.1) is 0 Å². The molecule has 3 nitrogen and oxygen atoms in total. The van der Waals surface area contributed by atoms with Crippen LogP contribution in [0.3, 0.4) is 0 Å². The van der Waals surface area contributed by atoms with Crippen LogP contribution in [-0.4, -0.2) is 36.1 Å². The highest BCUT2D eigenvalue weighted by molar-refractivity contribution is 5.09. The molecule has 0 spiro atoms. The quantitative estimate of drug-likeness (QED) is 0.785. The van der Waals surface area contributed by atoms with Crippen LogP contribution in [0.1, 0.15) is 31.7 Å². The Kier molecular flexibility index (Phi) is 6.16. The largest absolute Gasteiger partial charge is 0.317 e. The molecule has 1 atom stereocenters. The molecule has 0 amide bonds. The average Bonchev–Trinajstić information content (AvgIpc) is 2.34. The molecule has 96 valence electrons. The summed E-state index contributed by atoms with van der Waals surface area (Å²) in [6.07, 6.45) is 1.18. The highest BCUT2D eigenvalue weighted by atomic mass is 15.1. The van der Waals surface area contributed by atoms with Crippen LogP contribution < -0.4 is 5.32 Å². The summed E-state index contributed by atoms with van der Waals surface area (Å²) in [5, 5.41) is 3.28. The van der Waals surface area contributed by atoms with Gasteiger partial charge in [-0.25, -0.2) is 0 Å². The standard InChI is InChI=1S/C14H25N3/c1-5-17(10-9-12(2)15-4)11-14-8-6-7-13(3)16-14/h6-8,12,15H,5,9-11H2,1-4H3. The van der Waals surface area contributed by atoms with E-state index >= 15 is 0 Å². The molecule has 0 fully saturated rings.